The van der Waals surface area contributed by atoms with Gasteiger partial charge in [-0.3, -0.25) is 4.79 Å². The highest BCUT2D eigenvalue weighted by Gasteiger charge is 2.22. The van der Waals surface area contributed by atoms with Crippen molar-refractivity contribution in [2.24, 2.45) is 0 Å². The fraction of sp³-hybridized carbons (Fsp3) is 0.304. The van der Waals surface area contributed by atoms with Crippen molar-refractivity contribution in [3.05, 3.63) is 77.0 Å². The quantitative estimate of drug-likeness (QED) is 0.574. The van der Waals surface area contributed by atoms with Crippen LogP contribution in [0, 0.1) is 13.8 Å². The van der Waals surface area contributed by atoms with Gasteiger partial charge in [0.25, 0.3) is 5.91 Å². The van der Waals surface area contributed by atoms with E-state index in [0.29, 0.717) is 18.7 Å². The predicted molar refractivity (Wildman–Crippen MR) is 111 cm³/mol. The first-order valence-corrected chi connectivity index (χ1v) is 9.69. The van der Waals surface area contributed by atoms with Crippen molar-refractivity contribution < 1.29 is 23.5 Å². The van der Waals surface area contributed by atoms with E-state index in [4.69, 9.17) is 13.9 Å². The number of aryl methyl sites for hydroxylation is 1. The Bertz CT molecular complexity index is 1000. The summed E-state index contributed by atoms with van der Waals surface area (Å²) in [6.07, 6.45) is 0.703. The van der Waals surface area contributed by atoms with E-state index in [1.807, 2.05) is 54.8 Å². The number of rotatable bonds is 8. The van der Waals surface area contributed by atoms with Gasteiger partial charge in [0.1, 0.15) is 11.5 Å². The Hall–Kier alpha value is -3.48. The van der Waals surface area contributed by atoms with Crippen molar-refractivity contribution in [2.45, 2.75) is 40.0 Å². The molecule has 3 aromatic rings. The van der Waals surface area contributed by atoms with Crippen LogP contribution in [0.1, 0.15) is 40.0 Å². The summed E-state index contributed by atoms with van der Waals surface area (Å²) < 4.78 is 17.9. The summed E-state index contributed by atoms with van der Waals surface area (Å²) in [5.41, 5.74) is 3.03. The third kappa shape index (κ3) is 4.92. The molecule has 30 heavy (non-hydrogen) atoms. The van der Waals surface area contributed by atoms with Crippen molar-refractivity contribution >= 4 is 11.9 Å². The van der Waals surface area contributed by atoms with Crippen LogP contribution in [0.5, 0.6) is 5.75 Å². The van der Waals surface area contributed by atoms with Gasteiger partial charge in [-0.25, -0.2) is 4.79 Å². The average Bonchev–Trinajstić information content (AvgIpc) is 3.36. The highest BCUT2D eigenvalue weighted by molar-refractivity contribution is 5.93. The Kier molecular flexibility index (Phi) is 6.61. The van der Waals surface area contributed by atoms with Crippen LogP contribution in [0.2, 0.25) is 0 Å². The number of hydrogen-bond donors (Lipinski definition) is 1. The number of amides is 1. The number of furan rings is 1. The smallest absolute Gasteiger partial charge is 0.340 e. The molecule has 158 valence electrons. The molecule has 3 rings (SSSR count). The maximum Gasteiger partial charge on any atom is 0.340 e. The third-order valence-corrected chi connectivity index (χ3v) is 4.97. The molecule has 7 nitrogen and oxygen atoms in total. The minimum atomic E-state index is -0.913. The summed E-state index contributed by atoms with van der Waals surface area (Å²) in [6, 6.07) is 12.8. The number of benzene rings is 1. The monoisotopic (exact) mass is 410 g/mol. The predicted octanol–water partition coefficient (Wildman–Crippen LogP) is 3.62. The standard InChI is InChI=1S/C23H26N2O5/c1-15-12-21(16(2)25(15)14-20-6-5-11-29-20)23(27)30-17(3)22(26)24-13-18-7-9-19(28-4)10-8-18/h5-12,17H,13-14H2,1-4H3,(H,24,26)/t17-/m0/s1. The summed E-state index contributed by atoms with van der Waals surface area (Å²) in [5.74, 6) is 0.657. The van der Waals surface area contributed by atoms with Gasteiger partial charge in [0.05, 0.1) is 25.5 Å². The van der Waals surface area contributed by atoms with E-state index in [-0.39, 0.29) is 5.91 Å². The summed E-state index contributed by atoms with van der Waals surface area (Å²) in [5, 5.41) is 2.78. The molecule has 1 aromatic carbocycles. The molecule has 0 fully saturated rings. The topological polar surface area (TPSA) is 82.7 Å². The maximum absolute atomic E-state index is 12.6. The van der Waals surface area contributed by atoms with Crippen LogP contribution < -0.4 is 10.1 Å². The molecule has 7 heteroatoms. The Morgan fingerprint density at radius 1 is 1.17 bits per heavy atom. The molecule has 0 radical (unpaired) electrons. The van der Waals surface area contributed by atoms with Gasteiger partial charge in [-0.1, -0.05) is 12.1 Å². The summed E-state index contributed by atoms with van der Waals surface area (Å²) in [7, 11) is 1.60. The number of methoxy groups -OCH3 is 1. The van der Waals surface area contributed by atoms with E-state index in [2.05, 4.69) is 5.32 Å². The molecule has 2 heterocycles. The van der Waals surface area contributed by atoms with E-state index < -0.39 is 12.1 Å². The third-order valence-electron chi connectivity index (χ3n) is 4.97. The number of esters is 1. The van der Waals surface area contributed by atoms with Crippen molar-refractivity contribution in [3.63, 3.8) is 0 Å². The Morgan fingerprint density at radius 3 is 2.53 bits per heavy atom. The fourth-order valence-electron chi connectivity index (χ4n) is 3.16. The normalized spacial score (nSPS) is 11.7. The lowest BCUT2D eigenvalue weighted by molar-refractivity contribution is -0.129. The molecular formula is C23H26N2O5. The Labute approximate surface area is 175 Å². The van der Waals surface area contributed by atoms with Crippen molar-refractivity contribution in [2.75, 3.05) is 7.11 Å². The lowest BCUT2D eigenvalue weighted by atomic mass is 10.2. The molecule has 0 unspecified atom stereocenters. The first kappa shape index (κ1) is 21.2. The Morgan fingerprint density at radius 2 is 1.90 bits per heavy atom. The van der Waals surface area contributed by atoms with Crippen LogP contribution in [0.3, 0.4) is 0 Å². The van der Waals surface area contributed by atoms with E-state index in [1.165, 1.54) is 0 Å². The number of aromatic nitrogens is 1. The van der Waals surface area contributed by atoms with Crippen LogP contribution in [0.25, 0.3) is 0 Å². The van der Waals surface area contributed by atoms with Crippen LogP contribution in [0.15, 0.2) is 53.1 Å². The van der Waals surface area contributed by atoms with Crippen molar-refractivity contribution in [3.8, 4) is 5.75 Å². The number of nitrogens with one attached hydrogen (secondary N) is 1. The van der Waals surface area contributed by atoms with Gasteiger partial charge in [-0.15, -0.1) is 0 Å². The molecule has 0 bridgehead atoms. The van der Waals surface area contributed by atoms with Gasteiger partial charge < -0.3 is 23.8 Å². The van der Waals surface area contributed by atoms with Gasteiger partial charge >= 0.3 is 5.97 Å². The van der Waals surface area contributed by atoms with E-state index in [9.17, 15) is 9.59 Å². The van der Waals surface area contributed by atoms with Crippen LogP contribution >= 0.6 is 0 Å². The molecule has 0 saturated heterocycles. The minimum absolute atomic E-state index is 0.336. The minimum Gasteiger partial charge on any atom is -0.497 e. The lowest BCUT2D eigenvalue weighted by Gasteiger charge is -2.14. The zero-order valence-corrected chi connectivity index (χ0v) is 17.6. The zero-order chi connectivity index (χ0) is 21.7. The number of ether oxygens (including phenoxy) is 2. The molecular weight excluding hydrogens is 384 g/mol. The first-order chi connectivity index (χ1) is 14.4. The second-order valence-electron chi connectivity index (χ2n) is 7.06. The largest absolute Gasteiger partial charge is 0.497 e. The van der Waals surface area contributed by atoms with Gasteiger partial charge in [0, 0.05) is 17.9 Å². The van der Waals surface area contributed by atoms with Crippen LogP contribution in [-0.2, 0) is 22.6 Å². The van der Waals surface area contributed by atoms with E-state index >= 15 is 0 Å². The van der Waals surface area contributed by atoms with Gasteiger partial charge in [-0.2, -0.15) is 0 Å². The molecule has 0 spiro atoms. The van der Waals surface area contributed by atoms with Gasteiger partial charge in [-0.05, 0) is 56.7 Å². The molecule has 2 aromatic heterocycles. The molecule has 0 aliphatic heterocycles. The van der Waals surface area contributed by atoms with E-state index in [0.717, 1.165) is 28.5 Å². The second-order valence-corrected chi connectivity index (χ2v) is 7.06. The van der Waals surface area contributed by atoms with E-state index in [1.54, 1.807) is 26.4 Å². The highest BCUT2D eigenvalue weighted by Crippen LogP contribution is 2.19. The number of hydrogen-bond acceptors (Lipinski definition) is 5. The molecule has 1 amide bonds. The second kappa shape index (κ2) is 9.35. The average molecular weight is 410 g/mol. The molecule has 1 atom stereocenters. The molecule has 0 aliphatic carbocycles. The number of carbonyl (C=O) groups excluding carboxylic acids is 2. The lowest BCUT2D eigenvalue weighted by Crippen LogP contribution is -2.35. The summed E-state index contributed by atoms with van der Waals surface area (Å²) in [4.78, 5) is 25.0. The van der Waals surface area contributed by atoms with Crippen molar-refractivity contribution in [1.29, 1.82) is 0 Å². The van der Waals surface area contributed by atoms with Crippen LogP contribution in [-0.4, -0.2) is 29.7 Å². The fourth-order valence-corrected chi connectivity index (χ4v) is 3.16. The molecule has 0 aliphatic rings. The Balaban J connectivity index is 1.58. The van der Waals surface area contributed by atoms with Crippen LogP contribution in [0.4, 0.5) is 0 Å². The number of carbonyl (C=O) groups is 2. The summed E-state index contributed by atoms with van der Waals surface area (Å²) >= 11 is 0. The maximum atomic E-state index is 12.6. The van der Waals surface area contributed by atoms with Crippen molar-refractivity contribution in [1.82, 2.24) is 9.88 Å². The molecule has 0 saturated carbocycles. The summed E-state index contributed by atoms with van der Waals surface area (Å²) in [6.45, 7) is 6.18. The molecule has 1 N–H and O–H groups in total. The number of nitrogens with zero attached hydrogens (tertiary/aromatic N) is 1. The first-order valence-electron chi connectivity index (χ1n) is 9.69. The van der Waals surface area contributed by atoms with Gasteiger partial charge in [0.2, 0.25) is 0 Å². The van der Waals surface area contributed by atoms with Gasteiger partial charge in [0.15, 0.2) is 6.10 Å². The highest BCUT2D eigenvalue weighted by atomic mass is 16.5. The zero-order valence-electron chi connectivity index (χ0n) is 17.6. The SMILES string of the molecule is COc1ccc(CNC(=O)[C@H](C)OC(=O)c2cc(C)n(Cc3ccco3)c2C)cc1.